The van der Waals surface area contributed by atoms with Crippen molar-refractivity contribution in [2.45, 2.75) is 39.4 Å². The van der Waals surface area contributed by atoms with Crippen LogP contribution < -0.4 is 0 Å². The molecule has 0 unspecified atom stereocenters. The van der Waals surface area contributed by atoms with Crippen molar-refractivity contribution in [2.24, 2.45) is 5.92 Å². The van der Waals surface area contributed by atoms with Gasteiger partial charge in [-0.3, -0.25) is 9.69 Å². The molecule has 0 saturated heterocycles. The van der Waals surface area contributed by atoms with Crippen LogP contribution in [0.5, 0.6) is 0 Å². The maximum Gasteiger partial charge on any atom is 0.215 e. The largest absolute Gasteiger partial charge is 0.285 e. The first-order valence-corrected chi connectivity index (χ1v) is 8.92. The number of halogens is 1. The standard InChI is InChI=1S/C20H24BrNO/c1-3-16(2)19(20(21)23)22(14-17-10-6-4-7-11-17)15-18-12-8-5-9-13-18/h4-13,16,19H,3,14-15H2,1-2H3/t16-,19-/m0/s1. The molecule has 0 aliphatic heterocycles. The van der Waals surface area contributed by atoms with Gasteiger partial charge in [0, 0.05) is 13.1 Å². The lowest BCUT2D eigenvalue weighted by Gasteiger charge is -2.33. The monoisotopic (exact) mass is 373 g/mol. The molecule has 3 heteroatoms. The van der Waals surface area contributed by atoms with Crippen molar-refractivity contribution in [3.8, 4) is 0 Å². The third kappa shape index (κ3) is 5.29. The van der Waals surface area contributed by atoms with Gasteiger partial charge in [0.05, 0.1) is 6.04 Å². The molecular weight excluding hydrogens is 350 g/mol. The summed E-state index contributed by atoms with van der Waals surface area (Å²) >= 11 is 3.23. The van der Waals surface area contributed by atoms with Crippen LogP contribution in [0.2, 0.25) is 0 Å². The number of rotatable bonds is 8. The van der Waals surface area contributed by atoms with Gasteiger partial charge in [0.2, 0.25) is 4.69 Å². The molecule has 0 spiro atoms. The van der Waals surface area contributed by atoms with Crippen molar-refractivity contribution in [2.75, 3.05) is 0 Å². The Balaban J connectivity index is 2.27. The molecule has 122 valence electrons. The molecule has 0 aliphatic rings. The van der Waals surface area contributed by atoms with Crippen molar-refractivity contribution in [3.63, 3.8) is 0 Å². The number of hydrogen-bond donors (Lipinski definition) is 0. The Labute approximate surface area is 147 Å². The van der Waals surface area contributed by atoms with Crippen LogP contribution in [-0.2, 0) is 17.9 Å². The Morgan fingerprint density at radius 2 is 1.39 bits per heavy atom. The summed E-state index contributed by atoms with van der Waals surface area (Å²) in [6, 6.07) is 20.6. The first kappa shape index (κ1) is 17.9. The van der Waals surface area contributed by atoms with Gasteiger partial charge in [-0.05, 0) is 33.0 Å². The minimum absolute atomic E-state index is 0.0683. The molecule has 0 aromatic heterocycles. The summed E-state index contributed by atoms with van der Waals surface area (Å²) in [6.07, 6.45) is 0.974. The minimum atomic E-state index is -0.125. The maximum absolute atomic E-state index is 12.2. The molecule has 0 radical (unpaired) electrons. The normalized spacial score (nSPS) is 13.7. The van der Waals surface area contributed by atoms with Crippen LogP contribution in [0.3, 0.4) is 0 Å². The summed E-state index contributed by atoms with van der Waals surface area (Å²) in [4.78, 5) is 14.5. The molecule has 23 heavy (non-hydrogen) atoms. The second-order valence-corrected chi connectivity index (χ2v) is 6.79. The van der Waals surface area contributed by atoms with E-state index in [1.807, 2.05) is 36.4 Å². The lowest BCUT2D eigenvalue weighted by atomic mass is 9.97. The van der Waals surface area contributed by atoms with E-state index in [1.165, 1.54) is 11.1 Å². The average Bonchev–Trinajstić information content (AvgIpc) is 2.56. The first-order valence-electron chi connectivity index (χ1n) is 8.13. The molecule has 0 heterocycles. The van der Waals surface area contributed by atoms with Gasteiger partial charge in [0.1, 0.15) is 0 Å². The number of nitrogens with zero attached hydrogens (tertiary/aromatic N) is 1. The van der Waals surface area contributed by atoms with E-state index in [0.717, 1.165) is 19.5 Å². The minimum Gasteiger partial charge on any atom is -0.285 e. The molecular formula is C20H24BrNO. The SMILES string of the molecule is CC[C@H](C)[C@@H](C(=O)Br)N(Cc1ccccc1)Cc1ccccc1. The summed E-state index contributed by atoms with van der Waals surface area (Å²) in [5.74, 6) is 0.300. The van der Waals surface area contributed by atoms with Crippen molar-refractivity contribution in [1.82, 2.24) is 4.90 Å². The van der Waals surface area contributed by atoms with E-state index >= 15 is 0 Å². The predicted molar refractivity (Wildman–Crippen MR) is 99.3 cm³/mol. The predicted octanol–water partition coefficient (Wildman–Crippen LogP) is 5.03. The van der Waals surface area contributed by atoms with Crippen LogP contribution in [0.15, 0.2) is 60.7 Å². The van der Waals surface area contributed by atoms with Gasteiger partial charge < -0.3 is 0 Å². The Morgan fingerprint density at radius 1 is 0.957 bits per heavy atom. The second kappa shape index (κ2) is 8.99. The van der Waals surface area contributed by atoms with E-state index < -0.39 is 0 Å². The van der Waals surface area contributed by atoms with E-state index in [1.54, 1.807) is 0 Å². The van der Waals surface area contributed by atoms with Gasteiger partial charge in [-0.2, -0.15) is 0 Å². The van der Waals surface area contributed by atoms with Crippen LogP contribution in [0.25, 0.3) is 0 Å². The third-order valence-corrected chi connectivity index (χ3v) is 4.73. The highest BCUT2D eigenvalue weighted by atomic mass is 79.9. The Kier molecular flexibility index (Phi) is 7.00. The van der Waals surface area contributed by atoms with Crippen LogP contribution in [0, 0.1) is 5.92 Å². The van der Waals surface area contributed by atoms with Gasteiger partial charge in [0.15, 0.2) is 0 Å². The van der Waals surface area contributed by atoms with Crippen molar-refractivity contribution < 1.29 is 4.79 Å². The summed E-state index contributed by atoms with van der Waals surface area (Å²) < 4.78 is 0.0683. The van der Waals surface area contributed by atoms with E-state index in [4.69, 9.17) is 0 Å². The molecule has 0 N–H and O–H groups in total. The number of carbonyl (C=O) groups is 1. The molecule has 2 aromatic carbocycles. The molecule has 0 saturated carbocycles. The molecule has 2 nitrogen and oxygen atoms in total. The van der Waals surface area contributed by atoms with Gasteiger partial charge in [0.25, 0.3) is 0 Å². The molecule has 0 amide bonds. The van der Waals surface area contributed by atoms with E-state index in [9.17, 15) is 4.79 Å². The number of hydrogen-bond acceptors (Lipinski definition) is 2. The van der Waals surface area contributed by atoms with Crippen LogP contribution in [0.4, 0.5) is 0 Å². The van der Waals surface area contributed by atoms with Gasteiger partial charge in [-0.1, -0.05) is 80.9 Å². The van der Waals surface area contributed by atoms with Crippen LogP contribution in [-0.4, -0.2) is 15.6 Å². The highest BCUT2D eigenvalue weighted by Gasteiger charge is 2.29. The quantitative estimate of drug-likeness (QED) is 0.605. The second-order valence-electron chi connectivity index (χ2n) is 6.01. The summed E-state index contributed by atoms with van der Waals surface area (Å²) in [5.41, 5.74) is 2.45. The average molecular weight is 374 g/mol. The first-order chi connectivity index (χ1) is 11.1. The van der Waals surface area contributed by atoms with Crippen LogP contribution >= 0.6 is 15.9 Å². The zero-order valence-electron chi connectivity index (χ0n) is 13.8. The lowest BCUT2D eigenvalue weighted by Crippen LogP contribution is -2.42. The molecule has 2 aromatic rings. The van der Waals surface area contributed by atoms with E-state index in [-0.39, 0.29) is 10.7 Å². The topological polar surface area (TPSA) is 20.3 Å². The third-order valence-electron chi connectivity index (χ3n) is 4.27. The molecule has 2 atom stereocenters. The fourth-order valence-corrected chi connectivity index (χ4v) is 3.58. The highest BCUT2D eigenvalue weighted by molar-refractivity contribution is 9.18. The Bertz CT molecular complexity index is 558. The van der Waals surface area contributed by atoms with E-state index in [2.05, 4.69) is 58.9 Å². The molecule has 0 fully saturated rings. The van der Waals surface area contributed by atoms with Gasteiger partial charge in [-0.15, -0.1) is 0 Å². The summed E-state index contributed by atoms with van der Waals surface area (Å²) in [7, 11) is 0. The fourth-order valence-electron chi connectivity index (χ4n) is 2.84. The molecule has 0 aliphatic carbocycles. The van der Waals surface area contributed by atoms with Crippen molar-refractivity contribution in [1.29, 1.82) is 0 Å². The smallest absolute Gasteiger partial charge is 0.215 e. The summed E-state index contributed by atoms with van der Waals surface area (Å²) in [6.45, 7) is 5.81. The van der Waals surface area contributed by atoms with Gasteiger partial charge in [-0.25, -0.2) is 0 Å². The van der Waals surface area contributed by atoms with Crippen molar-refractivity contribution in [3.05, 3.63) is 71.8 Å². The summed E-state index contributed by atoms with van der Waals surface area (Å²) in [5, 5.41) is 0. The highest BCUT2D eigenvalue weighted by Crippen LogP contribution is 2.23. The van der Waals surface area contributed by atoms with Crippen molar-refractivity contribution >= 4 is 20.6 Å². The van der Waals surface area contributed by atoms with Crippen LogP contribution in [0.1, 0.15) is 31.4 Å². The fraction of sp³-hybridized carbons (Fsp3) is 0.350. The Hall–Kier alpha value is -1.45. The maximum atomic E-state index is 12.2. The number of carbonyl (C=O) groups excluding carboxylic acids is 1. The number of benzene rings is 2. The molecule has 0 bridgehead atoms. The van der Waals surface area contributed by atoms with Gasteiger partial charge >= 0.3 is 0 Å². The van der Waals surface area contributed by atoms with E-state index in [0.29, 0.717) is 5.92 Å². The molecule has 2 rings (SSSR count). The zero-order chi connectivity index (χ0) is 16.7. The lowest BCUT2D eigenvalue weighted by molar-refractivity contribution is -0.117. The zero-order valence-corrected chi connectivity index (χ0v) is 15.4. The Morgan fingerprint density at radius 3 is 1.74 bits per heavy atom.